The normalized spacial score (nSPS) is 11.0. The second-order valence-electron chi connectivity index (χ2n) is 7.15. The number of benzene rings is 1. The lowest BCUT2D eigenvalue weighted by Gasteiger charge is -2.13. The highest BCUT2D eigenvalue weighted by Gasteiger charge is 2.13. The number of aryl methyl sites for hydroxylation is 1. The number of hydrogen-bond acceptors (Lipinski definition) is 7. The molecule has 154 valence electrons. The first-order chi connectivity index (χ1) is 14.5. The van der Waals surface area contributed by atoms with Crippen molar-refractivity contribution in [2.45, 2.75) is 26.3 Å². The van der Waals surface area contributed by atoms with Crippen molar-refractivity contribution < 1.29 is 9.32 Å². The summed E-state index contributed by atoms with van der Waals surface area (Å²) in [6.45, 7) is 2.32. The van der Waals surface area contributed by atoms with Gasteiger partial charge in [0.25, 0.3) is 11.8 Å². The van der Waals surface area contributed by atoms with Crippen molar-refractivity contribution in [3.63, 3.8) is 0 Å². The highest BCUT2D eigenvalue weighted by atomic mass is 16.5. The van der Waals surface area contributed by atoms with E-state index < -0.39 is 0 Å². The van der Waals surface area contributed by atoms with Crippen molar-refractivity contribution in [3.05, 3.63) is 59.8 Å². The van der Waals surface area contributed by atoms with E-state index in [2.05, 4.69) is 32.6 Å². The summed E-state index contributed by atoms with van der Waals surface area (Å²) in [4.78, 5) is 18.9. The number of amides is 1. The smallest absolute Gasteiger partial charge is 0.258 e. The summed E-state index contributed by atoms with van der Waals surface area (Å²) >= 11 is 0. The van der Waals surface area contributed by atoms with Gasteiger partial charge in [-0.15, -0.1) is 10.2 Å². The Morgan fingerprint density at radius 3 is 2.87 bits per heavy atom. The van der Waals surface area contributed by atoms with Gasteiger partial charge in [-0.3, -0.25) is 9.20 Å². The van der Waals surface area contributed by atoms with Crippen LogP contribution in [0.2, 0.25) is 0 Å². The molecule has 1 N–H and O–H groups in total. The van der Waals surface area contributed by atoms with Crippen LogP contribution in [0.25, 0.3) is 17.1 Å². The van der Waals surface area contributed by atoms with Crippen LogP contribution in [0.1, 0.15) is 35.4 Å². The number of fused-ring (bicyclic) bond motifs is 1. The highest BCUT2D eigenvalue weighted by molar-refractivity contribution is 5.95. The molecule has 0 unspecified atom stereocenters. The molecule has 0 radical (unpaired) electrons. The topological polar surface area (TPSA) is 101 Å². The van der Waals surface area contributed by atoms with Gasteiger partial charge in [0.2, 0.25) is 0 Å². The summed E-state index contributed by atoms with van der Waals surface area (Å²) in [6.07, 6.45) is 3.57. The molecule has 0 bridgehead atoms. The third-order valence-electron chi connectivity index (χ3n) is 4.70. The van der Waals surface area contributed by atoms with Gasteiger partial charge in [-0.25, -0.2) is 0 Å². The Bertz CT molecular complexity index is 1180. The molecule has 4 rings (SSSR count). The maximum absolute atomic E-state index is 12.5. The van der Waals surface area contributed by atoms with E-state index in [1.165, 1.54) is 0 Å². The summed E-state index contributed by atoms with van der Waals surface area (Å²) < 4.78 is 7.16. The first kappa shape index (κ1) is 19.6. The summed E-state index contributed by atoms with van der Waals surface area (Å²) in [5.74, 6) is 1.61. The van der Waals surface area contributed by atoms with Crippen LogP contribution >= 0.6 is 0 Å². The van der Waals surface area contributed by atoms with E-state index in [-0.39, 0.29) is 12.5 Å². The third kappa shape index (κ3) is 4.00. The van der Waals surface area contributed by atoms with Gasteiger partial charge in [-0.1, -0.05) is 18.1 Å². The van der Waals surface area contributed by atoms with Crippen molar-refractivity contribution in [2.75, 3.05) is 19.0 Å². The van der Waals surface area contributed by atoms with E-state index in [1.807, 2.05) is 59.9 Å². The van der Waals surface area contributed by atoms with Gasteiger partial charge in [0.15, 0.2) is 17.3 Å². The number of rotatable bonds is 7. The number of aromatic nitrogens is 5. The van der Waals surface area contributed by atoms with Crippen molar-refractivity contribution in [1.29, 1.82) is 0 Å². The molecule has 9 nitrogen and oxygen atoms in total. The number of nitrogens with one attached hydrogen (secondary N) is 1. The van der Waals surface area contributed by atoms with E-state index in [9.17, 15) is 4.79 Å². The second-order valence-corrected chi connectivity index (χ2v) is 7.15. The van der Waals surface area contributed by atoms with E-state index in [4.69, 9.17) is 4.52 Å². The largest absolute Gasteiger partial charge is 0.378 e. The molecule has 0 fully saturated rings. The quantitative estimate of drug-likeness (QED) is 0.504. The van der Waals surface area contributed by atoms with E-state index in [1.54, 1.807) is 6.07 Å². The molecule has 30 heavy (non-hydrogen) atoms. The fraction of sp³-hybridized carbons (Fsp3) is 0.286. The molecule has 0 aliphatic heterocycles. The zero-order chi connectivity index (χ0) is 21.1. The van der Waals surface area contributed by atoms with Gasteiger partial charge >= 0.3 is 0 Å². The van der Waals surface area contributed by atoms with Crippen molar-refractivity contribution in [3.8, 4) is 11.5 Å². The van der Waals surface area contributed by atoms with Crippen LogP contribution in [-0.4, -0.2) is 44.7 Å². The molecule has 4 aromatic rings. The van der Waals surface area contributed by atoms with Crippen LogP contribution in [0.15, 0.2) is 47.1 Å². The Morgan fingerprint density at radius 2 is 2.07 bits per heavy atom. The van der Waals surface area contributed by atoms with E-state index >= 15 is 0 Å². The van der Waals surface area contributed by atoms with Gasteiger partial charge in [-0.05, 0) is 36.8 Å². The van der Waals surface area contributed by atoms with Crippen molar-refractivity contribution >= 4 is 17.2 Å². The molecule has 9 heteroatoms. The molecule has 0 saturated carbocycles. The highest BCUT2D eigenvalue weighted by Crippen LogP contribution is 2.19. The molecule has 1 aromatic carbocycles. The Morgan fingerprint density at radius 1 is 1.20 bits per heavy atom. The molecule has 0 aliphatic rings. The average Bonchev–Trinajstić information content (AvgIpc) is 3.39. The summed E-state index contributed by atoms with van der Waals surface area (Å²) in [7, 11) is 3.87. The average molecular weight is 405 g/mol. The Balaban J connectivity index is 1.48. The first-order valence-corrected chi connectivity index (χ1v) is 9.77. The third-order valence-corrected chi connectivity index (χ3v) is 4.70. The van der Waals surface area contributed by atoms with Gasteiger partial charge in [0, 0.05) is 43.5 Å². The predicted molar refractivity (Wildman–Crippen MR) is 112 cm³/mol. The lowest BCUT2D eigenvalue weighted by molar-refractivity contribution is 0.0950. The minimum absolute atomic E-state index is 0.165. The Kier molecular flexibility index (Phi) is 5.42. The summed E-state index contributed by atoms with van der Waals surface area (Å²) in [6, 6.07) is 11.2. The monoisotopic (exact) mass is 405 g/mol. The van der Waals surface area contributed by atoms with Crippen LogP contribution in [0, 0.1) is 0 Å². The van der Waals surface area contributed by atoms with Crippen LogP contribution in [-0.2, 0) is 13.0 Å². The number of pyridine rings is 1. The van der Waals surface area contributed by atoms with E-state index in [0.29, 0.717) is 28.8 Å². The van der Waals surface area contributed by atoms with Crippen LogP contribution < -0.4 is 10.2 Å². The molecule has 3 heterocycles. The first-order valence-electron chi connectivity index (χ1n) is 9.77. The van der Waals surface area contributed by atoms with Gasteiger partial charge in [0.1, 0.15) is 0 Å². The molecule has 3 aromatic heterocycles. The SMILES string of the molecule is CCCc1noc(-c2ccn3c(CNC(=O)c4cccc(N(C)C)c4)nnc3c2)n1. The molecule has 0 spiro atoms. The second kappa shape index (κ2) is 8.32. The minimum atomic E-state index is -0.165. The number of carbonyl (C=O) groups is 1. The van der Waals surface area contributed by atoms with Gasteiger partial charge in [0.05, 0.1) is 6.54 Å². The molecular formula is C21H23N7O2. The Labute approximate surface area is 173 Å². The number of hydrogen-bond donors (Lipinski definition) is 1. The number of carbonyl (C=O) groups excluding carboxylic acids is 1. The van der Waals surface area contributed by atoms with Crippen molar-refractivity contribution in [2.24, 2.45) is 0 Å². The Hall–Kier alpha value is -3.75. The lowest BCUT2D eigenvalue weighted by atomic mass is 10.2. The van der Waals surface area contributed by atoms with Gasteiger partial charge < -0.3 is 14.7 Å². The molecule has 0 aliphatic carbocycles. The fourth-order valence-electron chi connectivity index (χ4n) is 3.08. The van der Waals surface area contributed by atoms with Crippen molar-refractivity contribution in [1.82, 2.24) is 30.1 Å². The minimum Gasteiger partial charge on any atom is -0.378 e. The van der Waals surface area contributed by atoms with Crippen LogP contribution in [0.3, 0.4) is 0 Å². The zero-order valence-corrected chi connectivity index (χ0v) is 17.2. The fourth-order valence-corrected chi connectivity index (χ4v) is 3.08. The standard InChI is InChI=1S/C21H23N7O2/c1-4-6-17-23-21(30-26-17)15-9-10-28-18(12-15)24-25-19(28)13-22-20(29)14-7-5-8-16(11-14)27(2)3/h5,7-12H,4,6,13H2,1-3H3,(H,22,29). The van der Waals surface area contributed by atoms with Gasteiger partial charge in [-0.2, -0.15) is 4.98 Å². The number of anilines is 1. The predicted octanol–water partition coefficient (Wildman–Crippen LogP) is 2.73. The van der Waals surface area contributed by atoms with E-state index in [0.717, 1.165) is 24.1 Å². The lowest BCUT2D eigenvalue weighted by Crippen LogP contribution is -2.24. The van der Waals surface area contributed by atoms with Crippen LogP contribution in [0.4, 0.5) is 5.69 Å². The molecule has 0 saturated heterocycles. The summed E-state index contributed by atoms with van der Waals surface area (Å²) in [5.41, 5.74) is 2.98. The maximum atomic E-state index is 12.5. The molecule has 1 amide bonds. The molecule has 0 atom stereocenters. The summed E-state index contributed by atoms with van der Waals surface area (Å²) in [5, 5.41) is 15.3. The van der Waals surface area contributed by atoms with Crippen LogP contribution in [0.5, 0.6) is 0 Å². The maximum Gasteiger partial charge on any atom is 0.258 e. The number of nitrogens with zero attached hydrogens (tertiary/aromatic N) is 6. The zero-order valence-electron chi connectivity index (χ0n) is 17.2. The molecular weight excluding hydrogens is 382 g/mol.